The van der Waals surface area contributed by atoms with Crippen LogP contribution in [0.1, 0.15) is 24.1 Å². The lowest BCUT2D eigenvalue weighted by Gasteiger charge is -2.16. The Hall–Kier alpha value is -3.08. The minimum atomic E-state index is -0.0959. The summed E-state index contributed by atoms with van der Waals surface area (Å²) < 4.78 is 1.63. The minimum Gasteiger partial charge on any atom is -0.379 e. The highest BCUT2D eigenvalue weighted by molar-refractivity contribution is 5.90. The molecule has 3 rings (SSSR count). The first-order valence-corrected chi connectivity index (χ1v) is 8.30. The summed E-state index contributed by atoms with van der Waals surface area (Å²) in [6.45, 7) is 4.28. The molecule has 1 unspecified atom stereocenters. The molecule has 2 aromatic carbocycles. The molecule has 1 aromatic heterocycles. The number of nitrogens with zero attached hydrogens (tertiary/aromatic N) is 2. The topological polar surface area (TPSA) is 59.0 Å². The smallest absolute Gasteiger partial charge is 0.246 e. The lowest BCUT2D eigenvalue weighted by Crippen LogP contribution is -2.19. The summed E-state index contributed by atoms with van der Waals surface area (Å²) in [6.07, 6.45) is 3.58. The third-order valence-corrected chi connectivity index (χ3v) is 3.92. The van der Waals surface area contributed by atoms with Crippen molar-refractivity contribution in [2.24, 2.45) is 0 Å². The molecule has 5 nitrogen and oxygen atoms in total. The van der Waals surface area contributed by atoms with Crippen LogP contribution in [-0.4, -0.2) is 15.7 Å². The number of anilines is 2. The van der Waals surface area contributed by atoms with Gasteiger partial charge in [0.25, 0.3) is 0 Å². The van der Waals surface area contributed by atoms with Crippen molar-refractivity contribution in [3.63, 3.8) is 0 Å². The van der Waals surface area contributed by atoms with Gasteiger partial charge in [-0.15, -0.1) is 0 Å². The van der Waals surface area contributed by atoms with Gasteiger partial charge in [0.05, 0.1) is 6.20 Å². The molecular formula is C20H22N4O. The molecule has 128 valence electrons. The van der Waals surface area contributed by atoms with Crippen molar-refractivity contribution < 1.29 is 4.79 Å². The van der Waals surface area contributed by atoms with Crippen LogP contribution in [-0.2, 0) is 11.3 Å². The van der Waals surface area contributed by atoms with Gasteiger partial charge in [-0.3, -0.25) is 9.48 Å². The fourth-order valence-electron chi connectivity index (χ4n) is 2.63. The van der Waals surface area contributed by atoms with Gasteiger partial charge in [-0.25, -0.2) is 0 Å². The standard InChI is InChI=1S/C20H22N4O/c1-15-12-21-24(13-15)14-20(25)23-19-10-8-18(9-11-19)22-16(2)17-6-4-3-5-7-17/h3-13,16,22H,14H2,1-2H3,(H,23,25). The van der Waals surface area contributed by atoms with Crippen LogP contribution in [0.2, 0.25) is 0 Å². The molecule has 0 bridgehead atoms. The Labute approximate surface area is 147 Å². The first-order chi connectivity index (χ1) is 12.1. The van der Waals surface area contributed by atoms with Gasteiger partial charge in [0.1, 0.15) is 6.54 Å². The Morgan fingerprint density at radius 1 is 1.08 bits per heavy atom. The van der Waals surface area contributed by atoms with Crippen LogP contribution in [0.3, 0.4) is 0 Å². The minimum absolute atomic E-state index is 0.0959. The second-order valence-corrected chi connectivity index (χ2v) is 6.12. The van der Waals surface area contributed by atoms with Gasteiger partial charge in [-0.2, -0.15) is 5.10 Å². The molecule has 1 atom stereocenters. The Morgan fingerprint density at radius 3 is 2.40 bits per heavy atom. The second-order valence-electron chi connectivity index (χ2n) is 6.12. The molecule has 0 saturated heterocycles. The third-order valence-electron chi connectivity index (χ3n) is 3.92. The highest BCUT2D eigenvalue weighted by atomic mass is 16.2. The molecule has 0 spiro atoms. The summed E-state index contributed by atoms with van der Waals surface area (Å²) in [5.41, 5.74) is 4.05. The van der Waals surface area contributed by atoms with Gasteiger partial charge >= 0.3 is 0 Å². The number of aromatic nitrogens is 2. The number of carbonyl (C=O) groups excluding carboxylic acids is 1. The number of benzene rings is 2. The zero-order chi connectivity index (χ0) is 17.6. The van der Waals surface area contributed by atoms with Crippen LogP contribution in [0.15, 0.2) is 67.0 Å². The number of amides is 1. The van der Waals surface area contributed by atoms with Crippen molar-refractivity contribution in [1.82, 2.24) is 9.78 Å². The molecule has 1 amide bonds. The first-order valence-electron chi connectivity index (χ1n) is 8.30. The summed E-state index contributed by atoms with van der Waals surface area (Å²) in [4.78, 5) is 12.1. The molecule has 3 aromatic rings. The van der Waals surface area contributed by atoms with E-state index in [1.54, 1.807) is 10.9 Å². The van der Waals surface area contributed by atoms with Gasteiger partial charge in [-0.1, -0.05) is 30.3 Å². The van der Waals surface area contributed by atoms with Gasteiger partial charge in [0, 0.05) is 23.6 Å². The van der Waals surface area contributed by atoms with Crippen LogP contribution in [0.5, 0.6) is 0 Å². The fraction of sp³-hybridized carbons (Fsp3) is 0.200. The maximum Gasteiger partial charge on any atom is 0.246 e. The number of nitrogens with one attached hydrogen (secondary N) is 2. The van der Waals surface area contributed by atoms with Crippen molar-refractivity contribution in [2.45, 2.75) is 26.4 Å². The van der Waals surface area contributed by atoms with Crippen molar-refractivity contribution in [1.29, 1.82) is 0 Å². The number of aryl methyl sites for hydroxylation is 1. The molecule has 25 heavy (non-hydrogen) atoms. The lowest BCUT2D eigenvalue weighted by atomic mass is 10.1. The maximum atomic E-state index is 12.1. The Morgan fingerprint density at radius 2 is 1.76 bits per heavy atom. The summed E-state index contributed by atoms with van der Waals surface area (Å²) in [7, 11) is 0. The summed E-state index contributed by atoms with van der Waals surface area (Å²) in [6, 6.07) is 18.2. The van der Waals surface area contributed by atoms with Gasteiger partial charge in [0.15, 0.2) is 0 Å². The summed E-state index contributed by atoms with van der Waals surface area (Å²) in [5, 5.41) is 10.5. The monoisotopic (exact) mass is 334 g/mol. The van der Waals surface area contributed by atoms with E-state index in [2.05, 4.69) is 34.8 Å². The molecule has 1 heterocycles. The predicted molar refractivity (Wildman–Crippen MR) is 101 cm³/mol. The average Bonchev–Trinajstić information content (AvgIpc) is 3.02. The van der Waals surface area contributed by atoms with Gasteiger partial charge in [0.2, 0.25) is 5.91 Å². The molecule has 5 heteroatoms. The maximum absolute atomic E-state index is 12.1. The number of hydrogen-bond acceptors (Lipinski definition) is 3. The zero-order valence-corrected chi connectivity index (χ0v) is 14.4. The zero-order valence-electron chi connectivity index (χ0n) is 14.4. The van der Waals surface area contributed by atoms with Crippen molar-refractivity contribution in [3.05, 3.63) is 78.1 Å². The van der Waals surface area contributed by atoms with Crippen molar-refractivity contribution in [2.75, 3.05) is 10.6 Å². The molecule has 0 aliphatic carbocycles. The van der Waals surface area contributed by atoms with Crippen LogP contribution >= 0.6 is 0 Å². The highest BCUT2D eigenvalue weighted by Crippen LogP contribution is 2.20. The van der Waals surface area contributed by atoms with Crippen LogP contribution < -0.4 is 10.6 Å². The lowest BCUT2D eigenvalue weighted by molar-refractivity contribution is -0.116. The van der Waals surface area contributed by atoms with E-state index in [9.17, 15) is 4.79 Å². The Balaban J connectivity index is 1.55. The molecule has 0 fully saturated rings. The molecule has 0 radical (unpaired) electrons. The highest BCUT2D eigenvalue weighted by Gasteiger charge is 2.06. The molecular weight excluding hydrogens is 312 g/mol. The Kier molecular flexibility index (Phi) is 5.14. The number of carbonyl (C=O) groups is 1. The van der Waals surface area contributed by atoms with E-state index in [-0.39, 0.29) is 18.5 Å². The normalized spacial score (nSPS) is 11.8. The van der Waals surface area contributed by atoms with Gasteiger partial charge < -0.3 is 10.6 Å². The van der Waals surface area contributed by atoms with Crippen LogP contribution in [0.4, 0.5) is 11.4 Å². The van der Waals surface area contributed by atoms with E-state index in [1.165, 1.54) is 5.56 Å². The molecule has 0 saturated carbocycles. The largest absolute Gasteiger partial charge is 0.379 e. The van der Waals surface area contributed by atoms with E-state index in [1.807, 2.05) is 55.6 Å². The molecule has 2 N–H and O–H groups in total. The summed E-state index contributed by atoms with van der Waals surface area (Å²) >= 11 is 0. The first kappa shape index (κ1) is 16.8. The average molecular weight is 334 g/mol. The van der Waals surface area contributed by atoms with Gasteiger partial charge in [-0.05, 0) is 49.2 Å². The fourth-order valence-corrected chi connectivity index (χ4v) is 2.63. The summed E-state index contributed by atoms with van der Waals surface area (Å²) in [5.74, 6) is -0.0959. The molecule has 0 aliphatic heterocycles. The van der Waals surface area contributed by atoms with Crippen molar-refractivity contribution in [3.8, 4) is 0 Å². The number of rotatable bonds is 6. The van der Waals surface area contributed by atoms with E-state index >= 15 is 0 Å². The van der Waals surface area contributed by atoms with E-state index in [0.717, 1.165) is 16.9 Å². The van der Waals surface area contributed by atoms with E-state index in [0.29, 0.717) is 0 Å². The number of hydrogen-bond donors (Lipinski definition) is 2. The quantitative estimate of drug-likeness (QED) is 0.716. The van der Waals surface area contributed by atoms with Crippen LogP contribution in [0.25, 0.3) is 0 Å². The third kappa shape index (κ3) is 4.70. The molecule has 0 aliphatic rings. The van der Waals surface area contributed by atoms with Crippen molar-refractivity contribution >= 4 is 17.3 Å². The SMILES string of the molecule is Cc1cnn(CC(=O)Nc2ccc(NC(C)c3ccccc3)cc2)c1. The predicted octanol–water partition coefficient (Wildman–Crippen LogP) is 4.00. The van der Waals surface area contributed by atoms with E-state index < -0.39 is 0 Å². The van der Waals surface area contributed by atoms with E-state index in [4.69, 9.17) is 0 Å². The Bertz CT molecular complexity index is 824. The second kappa shape index (κ2) is 7.66. The van der Waals surface area contributed by atoms with Crippen LogP contribution in [0, 0.1) is 6.92 Å².